The van der Waals surface area contributed by atoms with Crippen molar-refractivity contribution in [1.29, 1.82) is 0 Å². The first-order chi connectivity index (χ1) is 14.1. The molecule has 4 rings (SSSR count). The predicted molar refractivity (Wildman–Crippen MR) is 119 cm³/mol. The normalized spacial score (nSPS) is 14.4. The summed E-state index contributed by atoms with van der Waals surface area (Å²) in [4.78, 5) is 21.9. The third-order valence-corrected chi connectivity index (χ3v) is 6.67. The first-order valence-electron chi connectivity index (χ1n) is 10.1. The van der Waals surface area contributed by atoms with E-state index in [9.17, 15) is 4.79 Å². The molecule has 1 amide bonds. The Hall–Kier alpha value is -2.60. The van der Waals surface area contributed by atoms with Crippen LogP contribution in [0.4, 0.5) is 5.13 Å². The van der Waals surface area contributed by atoms with Crippen LogP contribution in [-0.4, -0.2) is 49.1 Å². The molecule has 0 saturated carbocycles. The van der Waals surface area contributed by atoms with Crippen LogP contribution in [0.3, 0.4) is 0 Å². The fourth-order valence-corrected chi connectivity index (χ4v) is 4.96. The Balaban J connectivity index is 1.39. The van der Waals surface area contributed by atoms with Crippen molar-refractivity contribution in [2.75, 3.05) is 38.2 Å². The fraction of sp³-hybridized carbons (Fsp3) is 0.391. The number of para-hydroxylation sites is 1. The Bertz CT molecular complexity index is 1020. The van der Waals surface area contributed by atoms with E-state index >= 15 is 0 Å². The smallest absolute Gasteiger partial charge is 0.227 e. The number of hydrogen-bond donors (Lipinski definition) is 0. The number of anilines is 1. The summed E-state index contributed by atoms with van der Waals surface area (Å²) in [6.07, 6.45) is 1.43. The number of carbonyl (C=O) groups excluding carboxylic acids is 1. The van der Waals surface area contributed by atoms with Gasteiger partial charge in [-0.15, -0.1) is 0 Å². The Morgan fingerprint density at radius 1 is 1.17 bits per heavy atom. The van der Waals surface area contributed by atoms with Crippen molar-refractivity contribution >= 4 is 32.6 Å². The molecule has 152 valence electrons. The maximum absolute atomic E-state index is 12.8. The molecule has 1 saturated heterocycles. The lowest BCUT2D eigenvalue weighted by molar-refractivity contribution is -0.130. The van der Waals surface area contributed by atoms with Crippen LogP contribution >= 0.6 is 11.3 Å². The molecule has 6 heteroatoms. The van der Waals surface area contributed by atoms with Crippen molar-refractivity contribution in [2.45, 2.75) is 26.7 Å². The second-order valence-corrected chi connectivity index (χ2v) is 8.47. The third-order valence-electron chi connectivity index (χ3n) is 5.59. The Kier molecular flexibility index (Phi) is 5.72. The molecule has 1 aliphatic rings. The van der Waals surface area contributed by atoms with Crippen LogP contribution in [0.15, 0.2) is 36.4 Å². The van der Waals surface area contributed by atoms with Crippen molar-refractivity contribution in [3.63, 3.8) is 0 Å². The van der Waals surface area contributed by atoms with Crippen LogP contribution in [0.1, 0.15) is 23.6 Å². The van der Waals surface area contributed by atoms with Gasteiger partial charge in [0, 0.05) is 26.2 Å². The highest BCUT2D eigenvalue weighted by Crippen LogP contribution is 2.31. The van der Waals surface area contributed by atoms with Gasteiger partial charge in [0.05, 0.1) is 23.7 Å². The number of benzene rings is 2. The third kappa shape index (κ3) is 4.08. The number of nitrogens with zero attached hydrogens (tertiary/aromatic N) is 3. The lowest BCUT2D eigenvalue weighted by Crippen LogP contribution is -2.49. The van der Waals surface area contributed by atoms with Crippen molar-refractivity contribution in [3.05, 3.63) is 53.1 Å². The highest BCUT2D eigenvalue weighted by atomic mass is 32.1. The molecule has 0 bridgehead atoms. The lowest BCUT2D eigenvalue weighted by atomic mass is 10.1. The second kappa shape index (κ2) is 8.41. The molecule has 0 aliphatic carbocycles. The standard InChI is InChI=1S/C23H27N3O2S/c1-4-18-6-5-7-20-22(18)24-23(29-20)26-12-10-25(11-13-26)21(27)15-17-8-9-19(28-3)16(2)14-17/h5-9,14H,4,10-13,15H2,1-3H3. The topological polar surface area (TPSA) is 45.7 Å². The molecule has 1 aromatic heterocycles. The number of piperazine rings is 1. The van der Waals surface area contributed by atoms with Crippen LogP contribution in [-0.2, 0) is 17.6 Å². The molecule has 0 unspecified atom stereocenters. The van der Waals surface area contributed by atoms with Crippen molar-refractivity contribution in [1.82, 2.24) is 9.88 Å². The van der Waals surface area contributed by atoms with Crippen molar-refractivity contribution < 1.29 is 9.53 Å². The molecule has 0 radical (unpaired) electrons. The summed E-state index contributed by atoms with van der Waals surface area (Å²) in [5, 5.41) is 1.07. The number of methoxy groups -OCH3 is 1. The summed E-state index contributed by atoms with van der Waals surface area (Å²) in [5.41, 5.74) is 4.52. The van der Waals surface area contributed by atoms with Gasteiger partial charge in [-0.05, 0) is 42.2 Å². The molecule has 0 spiro atoms. The summed E-state index contributed by atoms with van der Waals surface area (Å²) in [5.74, 6) is 1.05. The molecule has 5 nitrogen and oxygen atoms in total. The van der Waals surface area contributed by atoms with Crippen LogP contribution in [0.2, 0.25) is 0 Å². The molecule has 2 aromatic carbocycles. The highest BCUT2D eigenvalue weighted by Gasteiger charge is 2.23. The average Bonchev–Trinajstić information content (AvgIpc) is 3.18. The minimum absolute atomic E-state index is 0.187. The number of thiazole rings is 1. The van der Waals surface area contributed by atoms with E-state index in [4.69, 9.17) is 9.72 Å². The number of hydrogen-bond acceptors (Lipinski definition) is 5. The molecule has 1 fully saturated rings. The summed E-state index contributed by atoms with van der Waals surface area (Å²) in [6.45, 7) is 7.31. The van der Waals surface area contributed by atoms with Crippen LogP contribution in [0.5, 0.6) is 5.75 Å². The van der Waals surface area contributed by atoms with E-state index in [1.807, 2.05) is 30.0 Å². The number of aryl methyl sites for hydroxylation is 2. The van der Waals surface area contributed by atoms with Crippen LogP contribution in [0, 0.1) is 6.92 Å². The Morgan fingerprint density at radius 2 is 1.97 bits per heavy atom. The molecule has 0 atom stereocenters. The summed E-state index contributed by atoms with van der Waals surface area (Å²) >= 11 is 1.75. The SMILES string of the molecule is CCc1cccc2sc(N3CCN(C(=O)Cc4ccc(OC)c(C)c4)CC3)nc12. The van der Waals surface area contributed by atoms with Gasteiger partial charge in [-0.3, -0.25) is 4.79 Å². The summed E-state index contributed by atoms with van der Waals surface area (Å²) in [7, 11) is 1.67. The lowest BCUT2D eigenvalue weighted by Gasteiger charge is -2.34. The molecule has 29 heavy (non-hydrogen) atoms. The first-order valence-corrected chi connectivity index (χ1v) is 11.0. The zero-order chi connectivity index (χ0) is 20.4. The zero-order valence-corrected chi connectivity index (χ0v) is 18.1. The largest absolute Gasteiger partial charge is 0.496 e. The Morgan fingerprint density at radius 3 is 2.66 bits per heavy atom. The maximum atomic E-state index is 12.8. The van der Waals surface area contributed by atoms with E-state index < -0.39 is 0 Å². The molecule has 2 heterocycles. The van der Waals surface area contributed by atoms with E-state index in [2.05, 4.69) is 30.0 Å². The van der Waals surface area contributed by atoms with E-state index in [1.54, 1.807) is 18.4 Å². The zero-order valence-electron chi connectivity index (χ0n) is 17.3. The van der Waals surface area contributed by atoms with Gasteiger partial charge >= 0.3 is 0 Å². The van der Waals surface area contributed by atoms with E-state index in [0.29, 0.717) is 6.42 Å². The van der Waals surface area contributed by atoms with Gasteiger partial charge in [0.2, 0.25) is 5.91 Å². The average molecular weight is 410 g/mol. The van der Waals surface area contributed by atoms with Gasteiger partial charge in [-0.2, -0.15) is 0 Å². The first kappa shape index (κ1) is 19.7. The molecular weight excluding hydrogens is 382 g/mol. The van der Waals surface area contributed by atoms with Gasteiger partial charge in [0.15, 0.2) is 5.13 Å². The minimum atomic E-state index is 0.187. The molecular formula is C23H27N3O2S. The van der Waals surface area contributed by atoms with Crippen molar-refractivity contribution in [2.24, 2.45) is 0 Å². The van der Waals surface area contributed by atoms with Gasteiger partial charge in [-0.25, -0.2) is 4.98 Å². The van der Waals surface area contributed by atoms with Crippen LogP contribution in [0.25, 0.3) is 10.2 Å². The van der Waals surface area contributed by atoms with E-state index in [0.717, 1.165) is 60.1 Å². The predicted octanol–water partition coefficient (Wildman–Crippen LogP) is 4.07. The Labute approximate surface area is 175 Å². The molecule has 3 aromatic rings. The fourth-order valence-electron chi connectivity index (χ4n) is 3.90. The monoisotopic (exact) mass is 409 g/mol. The number of ether oxygens (including phenoxy) is 1. The van der Waals surface area contributed by atoms with Gasteiger partial charge < -0.3 is 14.5 Å². The van der Waals surface area contributed by atoms with Gasteiger partial charge in [-0.1, -0.05) is 42.5 Å². The van der Waals surface area contributed by atoms with Gasteiger partial charge in [0.1, 0.15) is 5.75 Å². The quantitative estimate of drug-likeness (QED) is 0.637. The van der Waals surface area contributed by atoms with Crippen molar-refractivity contribution in [3.8, 4) is 5.75 Å². The van der Waals surface area contributed by atoms with E-state index in [-0.39, 0.29) is 5.91 Å². The maximum Gasteiger partial charge on any atom is 0.227 e. The van der Waals surface area contributed by atoms with Crippen LogP contribution < -0.4 is 9.64 Å². The van der Waals surface area contributed by atoms with E-state index in [1.165, 1.54) is 10.3 Å². The number of rotatable bonds is 5. The highest BCUT2D eigenvalue weighted by molar-refractivity contribution is 7.22. The molecule has 1 aliphatic heterocycles. The minimum Gasteiger partial charge on any atom is -0.496 e. The number of amides is 1. The summed E-state index contributed by atoms with van der Waals surface area (Å²) in [6, 6.07) is 12.4. The number of fused-ring (bicyclic) bond motifs is 1. The number of aromatic nitrogens is 1. The second-order valence-electron chi connectivity index (χ2n) is 7.46. The van der Waals surface area contributed by atoms with Gasteiger partial charge in [0.25, 0.3) is 0 Å². The summed E-state index contributed by atoms with van der Waals surface area (Å²) < 4.78 is 6.55. The number of carbonyl (C=O) groups is 1. The molecule has 0 N–H and O–H groups in total.